The molecule has 0 aromatic carbocycles. The van der Waals surface area contributed by atoms with Crippen LogP contribution in [0.2, 0.25) is 0 Å². The summed E-state index contributed by atoms with van der Waals surface area (Å²) in [6.45, 7) is 2.45. The molecule has 0 aromatic heterocycles. The van der Waals surface area contributed by atoms with E-state index in [0.717, 1.165) is 12.5 Å². The Kier molecular flexibility index (Phi) is 4.65. The van der Waals surface area contributed by atoms with Gasteiger partial charge < -0.3 is 9.84 Å². The largest absolute Gasteiger partial charge is 0.385 e. The van der Waals surface area contributed by atoms with E-state index in [0.29, 0.717) is 0 Å². The van der Waals surface area contributed by atoms with E-state index in [2.05, 4.69) is 4.18 Å². The van der Waals surface area contributed by atoms with Gasteiger partial charge in [0.05, 0.1) is 25.2 Å². The molecule has 0 amide bonds. The molecule has 1 aliphatic heterocycles. The third kappa shape index (κ3) is 4.65. The minimum Gasteiger partial charge on any atom is -0.385 e. The van der Waals surface area contributed by atoms with Crippen LogP contribution in [0.3, 0.4) is 0 Å². The third-order valence-corrected chi connectivity index (χ3v) is 3.96. The topological polar surface area (TPSA) is 116 Å². The van der Waals surface area contributed by atoms with Crippen molar-refractivity contribution in [3.8, 4) is 0 Å². The van der Waals surface area contributed by atoms with E-state index in [1.54, 1.807) is 0 Å². The molecule has 114 valence electrons. The van der Waals surface area contributed by atoms with Gasteiger partial charge in [0.2, 0.25) is 0 Å². The van der Waals surface area contributed by atoms with Gasteiger partial charge in [-0.05, 0) is 13.8 Å². The lowest BCUT2D eigenvalue weighted by Gasteiger charge is -2.27. The zero-order chi connectivity index (χ0) is 15.1. The summed E-state index contributed by atoms with van der Waals surface area (Å²) in [4.78, 5) is 0. The van der Waals surface area contributed by atoms with E-state index < -0.39 is 50.8 Å². The summed E-state index contributed by atoms with van der Waals surface area (Å²) in [6.07, 6.45) is -1.28. The van der Waals surface area contributed by atoms with Gasteiger partial charge in [0.25, 0.3) is 20.2 Å². The van der Waals surface area contributed by atoms with Gasteiger partial charge in [-0.15, -0.1) is 0 Å². The molecule has 8 nitrogen and oxygen atoms in total. The maximum absolute atomic E-state index is 11.2. The SMILES string of the molecule is C[C@@H]1OC(COS(C)(=O)=O)[C@@H](OS(C)(=O)=O)[C@]1(C)O. The summed E-state index contributed by atoms with van der Waals surface area (Å²) in [6, 6.07) is 0. The first-order valence-corrected chi connectivity index (χ1v) is 9.07. The summed E-state index contributed by atoms with van der Waals surface area (Å²) >= 11 is 0. The Hall–Kier alpha value is -0.260. The van der Waals surface area contributed by atoms with Gasteiger partial charge in [0.15, 0.2) is 0 Å². The van der Waals surface area contributed by atoms with E-state index in [9.17, 15) is 21.9 Å². The maximum Gasteiger partial charge on any atom is 0.264 e. The van der Waals surface area contributed by atoms with Crippen LogP contribution in [0.5, 0.6) is 0 Å². The lowest BCUT2D eigenvalue weighted by Crippen LogP contribution is -2.47. The minimum absolute atomic E-state index is 0.431. The second kappa shape index (κ2) is 5.26. The van der Waals surface area contributed by atoms with Gasteiger partial charge >= 0.3 is 0 Å². The number of hydrogen-bond acceptors (Lipinski definition) is 8. The van der Waals surface area contributed by atoms with Crippen molar-refractivity contribution in [2.24, 2.45) is 0 Å². The summed E-state index contributed by atoms with van der Waals surface area (Å²) in [5, 5.41) is 10.2. The van der Waals surface area contributed by atoms with Crippen LogP contribution >= 0.6 is 0 Å². The highest BCUT2D eigenvalue weighted by Crippen LogP contribution is 2.34. The van der Waals surface area contributed by atoms with E-state index in [4.69, 9.17) is 8.92 Å². The Bertz CT molecular complexity index is 520. The molecule has 0 bridgehead atoms. The third-order valence-electron chi connectivity index (χ3n) is 2.84. The molecule has 10 heteroatoms. The predicted molar refractivity (Wildman–Crippen MR) is 65.5 cm³/mol. The molecule has 1 unspecified atom stereocenters. The van der Waals surface area contributed by atoms with Gasteiger partial charge in [-0.2, -0.15) is 16.8 Å². The van der Waals surface area contributed by atoms with Crippen LogP contribution < -0.4 is 0 Å². The van der Waals surface area contributed by atoms with Crippen LogP contribution in [-0.2, 0) is 33.3 Å². The fraction of sp³-hybridized carbons (Fsp3) is 1.00. The van der Waals surface area contributed by atoms with Gasteiger partial charge in [-0.25, -0.2) is 0 Å². The van der Waals surface area contributed by atoms with Gasteiger partial charge in [-0.3, -0.25) is 8.37 Å². The minimum atomic E-state index is -3.83. The maximum atomic E-state index is 11.2. The summed E-state index contributed by atoms with van der Waals surface area (Å²) in [5.41, 5.74) is -1.57. The highest BCUT2D eigenvalue weighted by molar-refractivity contribution is 7.86. The first kappa shape index (κ1) is 16.8. The predicted octanol–water partition coefficient (Wildman–Crippen LogP) is -1.15. The second-order valence-electron chi connectivity index (χ2n) is 4.75. The molecule has 4 atom stereocenters. The molecule has 1 N–H and O–H groups in total. The summed E-state index contributed by atoms with van der Waals surface area (Å²) in [7, 11) is -7.53. The molecule has 0 saturated carbocycles. The van der Waals surface area contributed by atoms with E-state index in [-0.39, 0.29) is 0 Å². The monoisotopic (exact) mass is 318 g/mol. The molecule has 0 radical (unpaired) electrons. The van der Waals surface area contributed by atoms with Crippen molar-refractivity contribution in [2.45, 2.75) is 37.8 Å². The van der Waals surface area contributed by atoms with Gasteiger partial charge in [0.1, 0.15) is 17.8 Å². The van der Waals surface area contributed by atoms with Crippen molar-refractivity contribution in [1.82, 2.24) is 0 Å². The Morgan fingerprint density at radius 2 is 1.74 bits per heavy atom. The molecule has 1 rings (SSSR count). The number of ether oxygens (including phenoxy) is 1. The zero-order valence-corrected chi connectivity index (χ0v) is 12.7. The van der Waals surface area contributed by atoms with Crippen molar-refractivity contribution in [1.29, 1.82) is 0 Å². The Labute approximate surface area is 112 Å². The van der Waals surface area contributed by atoms with Crippen molar-refractivity contribution >= 4 is 20.2 Å². The van der Waals surface area contributed by atoms with E-state index in [1.807, 2.05) is 0 Å². The Morgan fingerprint density at radius 3 is 2.16 bits per heavy atom. The average molecular weight is 318 g/mol. The molecule has 0 spiro atoms. The first-order valence-electron chi connectivity index (χ1n) is 5.43. The molecular formula is C9H18O8S2. The van der Waals surface area contributed by atoms with Crippen LogP contribution in [0.1, 0.15) is 13.8 Å². The van der Waals surface area contributed by atoms with Crippen LogP contribution in [0.4, 0.5) is 0 Å². The second-order valence-corrected chi connectivity index (χ2v) is 8.00. The smallest absolute Gasteiger partial charge is 0.264 e. The molecule has 1 saturated heterocycles. The highest BCUT2D eigenvalue weighted by atomic mass is 32.2. The first-order chi connectivity index (χ1) is 8.33. The number of rotatable bonds is 5. The molecule has 1 fully saturated rings. The standard InChI is InChI=1S/C9H18O8S2/c1-6-9(2,10)8(17-19(4,13)14)7(16-6)5-15-18(3,11)12/h6-8,10H,5H2,1-4H3/t6-,7?,8+,9+/m0/s1. The van der Waals surface area contributed by atoms with Crippen LogP contribution in [-0.4, -0.2) is 65.0 Å². The normalized spacial score (nSPS) is 36.6. The van der Waals surface area contributed by atoms with Gasteiger partial charge in [-0.1, -0.05) is 0 Å². The molecule has 1 heterocycles. The quantitative estimate of drug-likeness (QED) is 0.631. The average Bonchev–Trinajstić information content (AvgIpc) is 2.36. The molecule has 0 aliphatic carbocycles. The van der Waals surface area contributed by atoms with Crippen molar-refractivity contribution in [3.63, 3.8) is 0 Å². The molecule has 1 aliphatic rings. The van der Waals surface area contributed by atoms with Crippen LogP contribution in [0.25, 0.3) is 0 Å². The van der Waals surface area contributed by atoms with E-state index in [1.165, 1.54) is 13.8 Å². The fourth-order valence-corrected chi connectivity index (χ4v) is 2.82. The number of hydrogen-bond donors (Lipinski definition) is 1. The Morgan fingerprint density at radius 1 is 1.21 bits per heavy atom. The van der Waals surface area contributed by atoms with Crippen LogP contribution in [0.15, 0.2) is 0 Å². The van der Waals surface area contributed by atoms with Crippen molar-refractivity contribution < 1.29 is 35.0 Å². The molecular weight excluding hydrogens is 300 g/mol. The molecule has 19 heavy (non-hydrogen) atoms. The lowest BCUT2D eigenvalue weighted by molar-refractivity contribution is -0.0472. The zero-order valence-electron chi connectivity index (χ0n) is 11.1. The Balaban J connectivity index is 2.90. The summed E-state index contributed by atoms with van der Waals surface area (Å²) in [5.74, 6) is 0. The van der Waals surface area contributed by atoms with Gasteiger partial charge in [0, 0.05) is 0 Å². The fourth-order valence-electron chi connectivity index (χ4n) is 1.74. The number of aliphatic hydroxyl groups is 1. The van der Waals surface area contributed by atoms with Crippen LogP contribution in [0, 0.1) is 0 Å². The van der Waals surface area contributed by atoms with Crippen molar-refractivity contribution in [3.05, 3.63) is 0 Å². The summed E-state index contributed by atoms with van der Waals surface area (Å²) < 4.78 is 58.9. The van der Waals surface area contributed by atoms with Crippen molar-refractivity contribution in [2.75, 3.05) is 19.1 Å². The molecule has 0 aromatic rings. The van der Waals surface area contributed by atoms with E-state index >= 15 is 0 Å². The lowest BCUT2D eigenvalue weighted by atomic mass is 9.94. The highest BCUT2D eigenvalue weighted by Gasteiger charge is 2.53.